The standard InChI is InChI=1S/C16H27N/c17-11-15(2-1-3-15)10-16-7-12-4-13(8-16)6-14(5-12)9-16/h12-14H,1-11,17H2. The molecule has 0 spiro atoms. The summed E-state index contributed by atoms with van der Waals surface area (Å²) in [6.07, 6.45) is 15.3. The van der Waals surface area contributed by atoms with Crippen molar-refractivity contribution in [3.63, 3.8) is 0 Å². The summed E-state index contributed by atoms with van der Waals surface area (Å²) in [7, 11) is 0. The van der Waals surface area contributed by atoms with Gasteiger partial charge >= 0.3 is 0 Å². The van der Waals surface area contributed by atoms with Gasteiger partial charge < -0.3 is 5.73 Å². The fourth-order valence-corrected chi connectivity index (χ4v) is 6.43. The highest BCUT2D eigenvalue weighted by Gasteiger charge is 2.54. The van der Waals surface area contributed by atoms with E-state index in [9.17, 15) is 0 Å². The highest BCUT2D eigenvalue weighted by molar-refractivity contribution is 5.05. The Balaban J connectivity index is 1.56. The maximum absolute atomic E-state index is 6.10. The molecule has 0 unspecified atom stereocenters. The molecule has 0 heterocycles. The van der Waals surface area contributed by atoms with E-state index in [-0.39, 0.29) is 0 Å². The van der Waals surface area contributed by atoms with Gasteiger partial charge in [0, 0.05) is 0 Å². The van der Waals surface area contributed by atoms with Gasteiger partial charge in [0.15, 0.2) is 0 Å². The molecule has 17 heavy (non-hydrogen) atoms. The van der Waals surface area contributed by atoms with Gasteiger partial charge in [0.2, 0.25) is 0 Å². The zero-order valence-electron chi connectivity index (χ0n) is 11.1. The van der Waals surface area contributed by atoms with Gasteiger partial charge in [0.1, 0.15) is 0 Å². The normalized spacial score (nSPS) is 50.3. The van der Waals surface area contributed by atoms with Gasteiger partial charge in [-0.2, -0.15) is 0 Å². The van der Waals surface area contributed by atoms with Crippen LogP contribution in [0.4, 0.5) is 0 Å². The molecule has 96 valence electrons. The fraction of sp³-hybridized carbons (Fsp3) is 1.00. The van der Waals surface area contributed by atoms with E-state index in [1.165, 1.54) is 25.7 Å². The molecule has 5 saturated carbocycles. The van der Waals surface area contributed by atoms with Crippen LogP contribution in [0.5, 0.6) is 0 Å². The van der Waals surface area contributed by atoms with Crippen LogP contribution in [0, 0.1) is 28.6 Å². The Hall–Kier alpha value is -0.0400. The Morgan fingerprint density at radius 3 is 1.76 bits per heavy atom. The lowest BCUT2D eigenvalue weighted by atomic mass is 9.45. The minimum absolute atomic E-state index is 0.589. The lowest BCUT2D eigenvalue weighted by molar-refractivity contribution is -0.0896. The Kier molecular flexibility index (Phi) is 2.23. The maximum Gasteiger partial charge on any atom is -0.00203 e. The predicted octanol–water partition coefficient (Wildman–Crippen LogP) is 3.72. The summed E-state index contributed by atoms with van der Waals surface area (Å²) in [5.41, 5.74) is 7.45. The maximum atomic E-state index is 6.10. The van der Waals surface area contributed by atoms with Gasteiger partial charge in [-0.1, -0.05) is 6.42 Å². The molecule has 2 N–H and O–H groups in total. The molecule has 0 radical (unpaired) electrons. The molecule has 0 amide bonds. The monoisotopic (exact) mass is 233 g/mol. The molecule has 0 saturated heterocycles. The van der Waals surface area contributed by atoms with Crippen LogP contribution in [0.1, 0.15) is 64.2 Å². The van der Waals surface area contributed by atoms with Gasteiger partial charge in [-0.25, -0.2) is 0 Å². The van der Waals surface area contributed by atoms with Crippen molar-refractivity contribution in [3.05, 3.63) is 0 Å². The zero-order chi connectivity index (χ0) is 11.5. The molecule has 5 rings (SSSR count). The molecule has 1 nitrogen and oxygen atoms in total. The predicted molar refractivity (Wildman–Crippen MR) is 70.6 cm³/mol. The van der Waals surface area contributed by atoms with Crippen LogP contribution in [0.15, 0.2) is 0 Å². The second kappa shape index (κ2) is 3.50. The van der Waals surface area contributed by atoms with E-state index >= 15 is 0 Å². The molecule has 0 atom stereocenters. The minimum atomic E-state index is 0.589. The van der Waals surface area contributed by atoms with Crippen LogP contribution in [0.3, 0.4) is 0 Å². The van der Waals surface area contributed by atoms with E-state index < -0.39 is 0 Å². The molecule has 0 aliphatic heterocycles. The smallest absolute Gasteiger partial charge is 0.00203 e. The SMILES string of the molecule is NCC1(CC23CC4CC(CC(C4)C2)C3)CCC1. The van der Waals surface area contributed by atoms with Gasteiger partial charge in [0.25, 0.3) is 0 Å². The van der Waals surface area contributed by atoms with E-state index in [0.717, 1.165) is 29.7 Å². The molecular formula is C16H27N. The summed E-state index contributed by atoms with van der Waals surface area (Å²) in [4.78, 5) is 0. The van der Waals surface area contributed by atoms with Crippen molar-refractivity contribution in [2.45, 2.75) is 64.2 Å². The summed E-state index contributed by atoms with van der Waals surface area (Å²) >= 11 is 0. The first-order valence-corrected chi connectivity index (χ1v) is 7.91. The topological polar surface area (TPSA) is 26.0 Å². The van der Waals surface area contributed by atoms with Crippen molar-refractivity contribution < 1.29 is 0 Å². The Morgan fingerprint density at radius 2 is 1.41 bits per heavy atom. The van der Waals surface area contributed by atoms with Crippen molar-refractivity contribution >= 4 is 0 Å². The molecule has 5 aliphatic rings. The van der Waals surface area contributed by atoms with Crippen molar-refractivity contribution in [2.24, 2.45) is 34.3 Å². The molecule has 0 aromatic carbocycles. The fourth-order valence-electron chi connectivity index (χ4n) is 6.43. The van der Waals surface area contributed by atoms with Crippen LogP contribution in [-0.4, -0.2) is 6.54 Å². The quantitative estimate of drug-likeness (QED) is 0.790. The number of rotatable bonds is 3. The van der Waals surface area contributed by atoms with Gasteiger partial charge in [-0.05, 0) is 92.9 Å². The lowest BCUT2D eigenvalue weighted by Crippen LogP contribution is -2.50. The average Bonchev–Trinajstić information content (AvgIpc) is 2.21. The van der Waals surface area contributed by atoms with Crippen molar-refractivity contribution in [3.8, 4) is 0 Å². The summed E-state index contributed by atoms with van der Waals surface area (Å²) < 4.78 is 0. The summed E-state index contributed by atoms with van der Waals surface area (Å²) in [6.45, 7) is 0.967. The van der Waals surface area contributed by atoms with Crippen LogP contribution in [-0.2, 0) is 0 Å². The van der Waals surface area contributed by atoms with Crippen molar-refractivity contribution in [1.29, 1.82) is 0 Å². The molecule has 0 aromatic rings. The van der Waals surface area contributed by atoms with E-state index in [0.29, 0.717) is 5.41 Å². The third kappa shape index (κ3) is 1.61. The van der Waals surface area contributed by atoms with Gasteiger partial charge in [0.05, 0.1) is 0 Å². The highest BCUT2D eigenvalue weighted by atomic mass is 14.7. The first-order chi connectivity index (χ1) is 8.21. The summed E-state index contributed by atoms with van der Waals surface area (Å²) in [6, 6.07) is 0. The Labute approximate surface area is 106 Å². The molecule has 4 bridgehead atoms. The Morgan fingerprint density at radius 1 is 0.882 bits per heavy atom. The second-order valence-electron chi connectivity index (χ2n) is 8.15. The van der Waals surface area contributed by atoms with Crippen molar-refractivity contribution in [2.75, 3.05) is 6.54 Å². The average molecular weight is 233 g/mol. The first-order valence-electron chi connectivity index (χ1n) is 7.91. The summed E-state index contributed by atoms with van der Waals surface area (Å²) in [5, 5.41) is 0. The third-order valence-corrected chi connectivity index (χ3v) is 6.76. The van der Waals surface area contributed by atoms with Gasteiger partial charge in [-0.3, -0.25) is 0 Å². The second-order valence-corrected chi connectivity index (χ2v) is 8.15. The number of hydrogen-bond donors (Lipinski definition) is 1. The third-order valence-electron chi connectivity index (χ3n) is 6.76. The minimum Gasteiger partial charge on any atom is -0.330 e. The van der Waals surface area contributed by atoms with Crippen LogP contribution in [0.25, 0.3) is 0 Å². The van der Waals surface area contributed by atoms with E-state index in [1.54, 1.807) is 38.5 Å². The molecule has 5 fully saturated rings. The van der Waals surface area contributed by atoms with Crippen LogP contribution in [0.2, 0.25) is 0 Å². The van der Waals surface area contributed by atoms with E-state index in [2.05, 4.69) is 0 Å². The van der Waals surface area contributed by atoms with Crippen LogP contribution < -0.4 is 5.73 Å². The largest absolute Gasteiger partial charge is 0.330 e. The van der Waals surface area contributed by atoms with E-state index in [1.807, 2.05) is 0 Å². The molecular weight excluding hydrogens is 206 g/mol. The lowest BCUT2D eigenvalue weighted by Gasteiger charge is -2.60. The van der Waals surface area contributed by atoms with Crippen LogP contribution >= 0.6 is 0 Å². The first kappa shape index (κ1) is 10.8. The highest BCUT2D eigenvalue weighted by Crippen LogP contribution is 2.64. The summed E-state index contributed by atoms with van der Waals surface area (Å²) in [5.74, 6) is 3.32. The number of nitrogens with two attached hydrogens (primary N) is 1. The molecule has 5 aliphatic carbocycles. The van der Waals surface area contributed by atoms with Crippen molar-refractivity contribution in [1.82, 2.24) is 0 Å². The van der Waals surface area contributed by atoms with E-state index in [4.69, 9.17) is 5.73 Å². The van der Waals surface area contributed by atoms with Gasteiger partial charge in [-0.15, -0.1) is 0 Å². The molecule has 1 heteroatoms. The zero-order valence-corrected chi connectivity index (χ0v) is 11.1. The molecule has 0 aromatic heterocycles. The number of hydrogen-bond acceptors (Lipinski definition) is 1. The Bertz CT molecular complexity index is 275.